The zero-order valence-electron chi connectivity index (χ0n) is 10.7. The molecule has 0 saturated heterocycles. The van der Waals surface area contributed by atoms with E-state index in [4.69, 9.17) is 0 Å². The fourth-order valence-corrected chi connectivity index (χ4v) is 2.72. The van der Waals surface area contributed by atoms with E-state index < -0.39 is 0 Å². The van der Waals surface area contributed by atoms with Crippen LogP contribution >= 0.6 is 0 Å². The largest absolute Gasteiger partial charge is 0.387 e. The molecule has 0 heterocycles. The summed E-state index contributed by atoms with van der Waals surface area (Å²) >= 11 is 0. The van der Waals surface area contributed by atoms with E-state index in [0.29, 0.717) is 6.04 Å². The van der Waals surface area contributed by atoms with Crippen molar-refractivity contribution in [3.63, 3.8) is 0 Å². The first-order valence-electron chi connectivity index (χ1n) is 6.70. The Bertz CT molecular complexity index is 319. The molecule has 1 atom stereocenters. The number of likely N-dealkylation sites (N-methyl/N-ethyl adjacent to an activating group) is 1. The number of hydrogen-bond acceptors (Lipinski definition) is 2. The molecule has 1 aliphatic rings. The molecule has 1 fully saturated rings. The van der Waals surface area contributed by atoms with Crippen molar-refractivity contribution >= 4 is 0 Å². The fraction of sp³-hybridized carbons (Fsp3) is 0.600. The van der Waals surface area contributed by atoms with E-state index in [-0.39, 0.29) is 6.10 Å². The molecule has 1 aromatic rings. The number of benzene rings is 1. The van der Waals surface area contributed by atoms with Gasteiger partial charge in [-0.05, 0) is 25.5 Å². The van der Waals surface area contributed by atoms with Crippen LogP contribution in [-0.2, 0) is 0 Å². The molecule has 1 N–H and O–H groups in total. The van der Waals surface area contributed by atoms with Crippen molar-refractivity contribution in [3.8, 4) is 0 Å². The lowest BCUT2D eigenvalue weighted by Crippen LogP contribution is -2.36. The van der Waals surface area contributed by atoms with E-state index in [1.807, 2.05) is 30.3 Å². The first kappa shape index (κ1) is 12.6. The van der Waals surface area contributed by atoms with E-state index in [1.165, 1.54) is 32.1 Å². The Hall–Kier alpha value is -0.860. The zero-order chi connectivity index (χ0) is 12.1. The second kappa shape index (κ2) is 6.18. The van der Waals surface area contributed by atoms with Crippen molar-refractivity contribution in [2.75, 3.05) is 13.6 Å². The Morgan fingerprint density at radius 3 is 2.47 bits per heavy atom. The second-order valence-electron chi connectivity index (χ2n) is 5.16. The van der Waals surface area contributed by atoms with Gasteiger partial charge in [0.05, 0.1) is 6.10 Å². The highest BCUT2D eigenvalue weighted by atomic mass is 16.3. The molecule has 17 heavy (non-hydrogen) atoms. The minimum absolute atomic E-state index is 0.358. The molecule has 0 aliphatic heterocycles. The molecule has 2 rings (SSSR count). The van der Waals surface area contributed by atoms with E-state index in [0.717, 1.165) is 12.1 Å². The highest BCUT2D eigenvalue weighted by molar-refractivity contribution is 5.17. The van der Waals surface area contributed by atoms with Crippen LogP contribution < -0.4 is 0 Å². The van der Waals surface area contributed by atoms with Crippen molar-refractivity contribution < 1.29 is 5.11 Å². The Morgan fingerprint density at radius 1 is 1.18 bits per heavy atom. The molecule has 2 nitrogen and oxygen atoms in total. The number of rotatable bonds is 4. The monoisotopic (exact) mass is 233 g/mol. The summed E-state index contributed by atoms with van der Waals surface area (Å²) in [6, 6.07) is 10.6. The second-order valence-corrected chi connectivity index (χ2v) is 5.16. The number of hydrogen-bond donors (Lipinski definition) is 1. The average molecular weight is 233 g/mol. The van der Waals surface area contributed by atoms with Crippen molar-refractivity contribution in [2.24, 2.45) is 0 Å². The summed E-state index contributed by atoms with van der Waals surface area (Å²) < 4.78 is 0. The Labute approximate surface area is 104 Å². The summed E-state index contributed by atoms with van der Waals surface area (Å²) in [6.45, 7) is 0.745. The van der Waals surface area contributed by atoms with Crippen molar-refractivity contribution in [3.05, 3.63) is 35.9 Å². The van der Waals surface area contributed by atoms with Gasteiger partial charge in [-0.25, -0.2) is 0 Å². The molecule has 2 heteroatoms. The summed E-state index contributed by atoms with van der Waals surface area (Å²) in [5.74, 6) is 0. The Balaban J connectivity index is 1.87. The normalized spacial score (nSPS) is 19.5. The molecule has 0 spiro atoms. The molecular formula is C15H23NO. The minimum Gasteiger partial charge on any atom is -0.387 e. The molecule has 0 unspecified atom stereocenters. The molecule has 1 aliphatic carbocycles. The third kappa shape index (κ3) is 3.55. The van der Waals surface area contributed by atoms with Crippen LogP contribution in [0.15, 0.2) is 30.3 Å². The van der Waals surface area contributed by atoms with Crippen molar-refractivity contribution in [1.29, 1.82) is 0 Å². The van der Waals surface area contributed by atoms with Gasteiger partial charge in [0.15, 0.2) is 0 Å². The van der Waals surface area contributed by atoms with E-state index >= 15 is 0 Å². The predicted molar refractivity (Wildman–Crippen MR) is 70.9 cm³/mol. The molecule has 0 radical (unpaired) electrons. The molecular weight excluding hydrogens is 210 g/mol. The Morgan fingerprint density at radius 2 is 1.82 bits per heavy atom. The fourth-order valence-electron chi connectivity index (χ4n) is 2.72. The van der Waals surface area contributed by atoms with Crippen molar-refractivity contribution in [1.82, 2.24) is 4.90 Å². The first-order chi connectivity index (χ1) is 8.27. The van der Waals surface area contributed by atoms with Gasteiger partial charge in [0.2, 0.25) is 0 Å². The molecule has 1 saturated carbocycles. The van der Waals surface area contributed by atoms with Gasteiger partial charge in [-0.3, -0.25) is 0 Å². The van der Waals surface area contributed by atoms with Gasteiger partial charge < -0.3 is 10.0 Å². The quantitative estimate of drug-likeness (QED) is 0.864. The lowest BCUT2D eigenvalue weighted by molar-refractivity contribution is 0.0914. The summed E-state index contributed by atoms with van der Waals surface area (Å²) in [5.41, 5.74) is 1.02. The van der Waals surface area contributed by atoms with Gasteiger partial charge in [0.25, 0.3) is 0 Å². The smallest absolute Gasteiger partial charge is 0.0916 e. The highest BCUT2D eigenvalue weighted by Crippen LogP contribution is 2.23. The summed E-state index contributed by atoms with van der Waals surface area (Å²) in [7, 11) is 2.14. The topological polar surface area (TPSA) is 23.5 Å². The van der Waals surface area contributed by atoms with Crippen LogP contribution in [0, 0.1) is 0 Å². The van der Waals surface area contributed by atoms with Crippen LogP contribution in [0.2, 0.25) is 0 Å². The maximum absolute atomic E-state index is 10.2. The number of aliphatic hydroxyl groups is 1. The van der Waals surface area contributed by atoms with Crippen LogP contribution in [0.3, 0.4) is 0 Å². The van der Waals surface area contributed by atoms with Gasteiger partial charge in [-0.2, -0.15) is 0 Å². The van der Waals surface area contributed by atoms with E-state index in [2.05, 4.69) is 11.9 Å². The van der Waals surface area contributed by atoms with Gasteiger partial charge in [0.1, 0.15) is 0 Å². The van der Waals surface area contributed by atoms with Gasteiger partial charge in [-0.15, -0.1) is 0 Å². The summed E-state index contributed by atoms with van der Waals surface area (Å²) in [4.78, 5) is 2.33. The zero-order valence-corrected chi connectivity index (χ0v) is 10.7. The third-order valence-electron chi connectivity index (χ3n) is 3.84. The summed E-state index contributed by atoms with van der Waals surface area (Å²) in [5, 5.41) is 10.2. The lowest BCUT2D eigenvalue weighted by atomic mass is 9.94. The average Bonchev–Trinajstić information content (AvgIpc) is 2.40. The van der Waals surface area contributed by atoms with Crippen LogP contribution in [0.25, 0.3) is 0 Å². The minimum atomic E-state index is -0.358. The molecule has 94 valence electrons. The van der Waals surface area contributed by atoms with Gasteiger partial charge >= 0.3 is 0 Å². The highest BCUT2D eigenvalue weighted by Gasteiger charge is 2.20. The third-order valence-corrected chi connectivity index (χ3v) is 3.84. The summed E-state index contributed by atoms with van der Waals surface area (Å²) in [6.07, 6.45) is 6.29. The molecule has 0 aromatic heterocycles. The van der Waals surface area contributed by atoms with Crippen LogP contribution in [-0.4, -0.2) is 29.6 Å². The molecule has 1 aromatic carbocycles. The Kier molecular flexibility index (Phi) is 4.57. The number of aliphatic hydroxyl groups excluding tert-OH is 1. The van der Waals surface area contributed by atoms with E-state index in [1.54, 1.807) is 0 Å². The first-order valence-corrected chi connectivity index (χ1v) is 6.70. The van der Waals surface area contributed by atoms with Crippen LogP contribution in [0.1, 0.15) is 43.8 Å². The van der Waals surface area contributed by atoms with Crippen molar-refractivity contribution in [2.45, 2.75) is 44.2 Å². The molecule has 0 bridgehead atoms. The van der Waals surface area contributed by atoms with Crippen LogP contribution in [0.5, 0.6) is 0 Å². The van der Waals surface area contributed by atoms with E-state index in [9.17, 15) is 5.11 Å². The lowest BCUT2D eigenvalue weighted by Gasteiger charge is -2.32. The maximum atomic E-state index is 10.2. The predicted octanol–water partition coefficient (Wildman–Crippen LogP) is 2.98. The standard InChI is InChI=1S/C15H23NO/c1-16(14-10-6-3-7-11-14)12-15(17)13-8-4-2-5-9-13/h2,4-5,8-9,14-15,17H,3,6-7,10-12H2,1H3/t15-/m0/s1. The van der Waals surface area contributed by atoms with Gasteiger partial charge in [-0.1, -0.05) is 49.6 Å². The van der Waals surface area contributed by atoms with Gasteiger partial charge in [0, 0.05) is 12.6 Å². The SMILES string of the molecule is CN(C[C@H](O)c1ccccc1)C1CCCCC1. The maximum Gasteiger partial charge on any atom is 0.0916 e. The van der Waals surface area contributed by atoms with Crippen LogP contribution in [0.4, 0.5) is 0 Å². The number of nitrogens with zero attached hydrogens (tertiary/aromatic N) is 1. The molecule has 0 amide bonds.